The fraction of sp³-hybridized carbons (Fsp3) is 0.231. The summed E-state index contributed by atoms with van der Waals surface area (Å²) in [6, 6.07) is 15.6. The molecule has 0 aliphatic carbocycles. The molecule has 0 bridgehead atoms. The standard InChI is InChI=1S/C26H26O2/c1-15-7-9-17(3)21(11-15)25(27)23-13-20(6)24(14-19(23)5)26(28)22-12-16(2)8-10-18(22)4/h7-14H,1-6H3. The van der Waals surface area contributed by atoms with Crippen LogP contribution in [-0.2, 0) is 0 Å². The SMILES string of the molecule is Cc1ccc(C)c(C(=O)c2cc(C)c(C(=O)c3cc(C)ccc3C)cc2C)c1. The summed E-state index contributed by atoms with van der Waals surface area (Å²) in [5, 5.41) is 0. The third-order valence-electron chi connectivity index (χ3n) is 5.34. The van der Waals surface area contributed by atoms with Crippen LogP contribution in [0.3, 0.4) is 0 Å². The Morgan fingerprint density at radius 3 is 1.14 bits per heavy atom. The molecule has 3 rings (SSSR count). The molecule has 3 aromatic carbocycles. The lowest BCUT2D eigenvalue weighted by atomic mass is 9.89. The van der Waals surface area contributed by atoms with E-state index in [2.05, 4.69) is 0 Å². The lowest BCUT2D eigenvalue weighted by Gasteiger charge is -2.14. The average molecular weight is 370 g/mol. The summed E-state index contributed by atoms with van der Waals surface area (Å²) in [4.78, 5) is 26.3. The monoisotopic (exact) mass is 370 g/mol. The summed E-state index contributed by atoms with van der Waals surface area (Å²) in [5.41, 5.74) is 8.44. The number of ketones is 2. The van der Waals surface area contributed by atoms with E-state index in [-0.39, 0.29) is 11.6 Å². The Labute approximate surface area is 167 Å². The van der Waals surface area contributed by atoms with Gasteiger partial charge in [-0.15, -0.1) is 0 Å². The molecule has 28 heavy (non-hydrogen) atoms. The lowest BCUT2D eigenvalue weighted by molar-refractivity contribution is 0.102. The van der Waals surface area contributed by atoms with E-state index < -0.39 is 0 Å². The Balaban J connectivity index is 2.06. The summed E-state index contributed by atoms with van der Waals surface area (Å²) in [6.45, 7) is 11.7. The van der Waals surface area contributed by atoms with E-state index in [9.17, 15) is 9.59 Å². The zero-order valence-corrected chi connectivity index (χ0v) is 17.4. The minimum atomic E-state index is 0.00698. The first-order chi connectivity index (χ1) is 13.2. The zero-order chi connectivity index (χ0) is 20.6. The Kier molecular flexibility index (Phi) is 5.33. The molecule has 0 atom stereocenters. The number of carbonyl (C=O) groups is 2. The smallest absolute Gasteiger partial charge is 0.193 e. The van der Waals surface area contributed by atoms with Crippen LogP contribution >= 0.6 is 0 Å². The molecule has 0 aromatic heterocycles. The van der Waals surface area contributed by atoms with Crippen LogP contribution in [0, 0.1) is 41.5 Å². The van der Waals surface area contributed by atoms with Gasteiger partial charge < -0.3 is 0 Å². The second-order valence-electron chi connectivity index (χ2n) is 7.78. The molecule has 0 heterocycles. The highest BCUT2D eigenvalue weighted by Crippen LogP contribution is 2.24. The Hall–Kier alpha value is -3.00. The first-order valence-electron chi connectivity index (χ1n) is 9.54. The molecule has 0 aliphatic rings. The average Bonchev–Trinajstić information content (AvgIpc) is 2.66. The third kappa shape index (κ3) is 3.68. The van der Waals surface area contributed by atoms with Crippen molar-refractivity contribution in [1.82, 2.24) is 0 Å². The van der Waals surface area contributed by atoms with E-state index in [1.807, 2.05) is 90.1 Å². The van der Waals surface area contributed by atoms with Crippen molar-refractivity contribution in [2.75, 3.05) is 0 Å². The van der Waals surface area contributed by atoms with Crippen molar-refractivity contribution in [2.45, 2.75) is 41.5 Å². The molecule has 0 fully saturated rings. The molecule has 0 aliphatic heterocycles. The van der Waals surface area contributed by atoms with Crippen LogP contribution in [0.25, 0.3) is 0 Å². The minimum Gasteiger partial charge on any atom is -0.289 e. The zero-order valence-electron chi connectivity index (χ0n) is 17.4. The van der Waals surface area contributed by atoms with Crippen molar-refractivity contribution in [3.8, 4) is 0 Å². The van der Waals surface area contributed by atoms with Gasteiger partial charge in [-0.25, -0.2) is 0 Å². The van der Waals surface area contributed by atoms with Gasteiger partial charge in [0.2, 0.25) is 0 Å². The van der Waals surface area contributed by atoms with Gasteiger partial charge in [0, 0.05) is 22.3 Å². The maximum absolute atomic E-state index is 13.2. The van der Waals surface area contributed by atoms with Gasteiger partial charge in [0.1, 0.15) is 0 Å². The van der Waals surface area contributed by atoms with E-state index in [4.69, 9.17) is 0 Å². The van der Waals surface area contributed by atoms with Crippen LogP contribution in [-0.4, -0.2) is 11.6 Å². The third-order valence-corrected chi connectivity index (χ3v) is 5.34. The molecule has 0 N–H and O–H groups in total. The second kappa shape index (κ2) is 7.55. The quantitative estimate of drug-likeness (QED) is 0.528. The van der Waals surface area contributed by atoms with Crippen LogP contribution in [0.15, 0.2) is 48.5 Å². The maximum Gasteiger partial charge on any atom is 0.193 e. The fourth-order valence-electron chi connectivity index (χ4n) is 3.56. The van der Waals surface area contributed by atoms with Crippen molar-refractivity contribution >= 4 is 11.6 Å². The van der Waals surface area contributed by atoms with Gasteiger partial charge in [0.05, 0.1) is 0 Å². The summed E-state index contributed by atoms with van der Waals surface area (Å²) < 4.78 is 0. The summed E-state index contributed by atoms with van der Waals surface area (Å²) >= 11 is 0. The number of hydrogen-bond acceptors (Lipinski definition) is 2. The topological polar surface area (TPSA) is 34.1 Å². The number of aryl methyl sites for hydroxylation is 6. The van der Waals surface area contributed by atoms with Crippen molar-refractivity contribution in [3.05, 3.63) is 104 Å². The van der Waals surface area contributed by atoms with Gasteiger partial charge in [-0.1, -0.05) is 35.4 Å². The fourth-order valence-corrected chi connectivity index (χ4v) is 3.56. The number of rotatable bonds is 4. The van der Waals surface area contributed by atoms with E-state index in [0.29, 0.717) is 11.1 Å². The summed E-state index contributed by atoms with van der Waals surface area (Å²) in [7, 11) is 0. The van der Waals surface area contributed by atoms with Gasteiger partial charge in [-0.3, -0.25) is 9.59 Å². The summed E-state index contributed by atoms with van der Waals surface area (Å²) in [6.07, 6.45) is 0. The lowest BCUT2D eigenvalue weighted by Crippen LogP contribution is -2.11. The molecule has 142 valence electrons. The van der Waals surface area contributed by atoms with Crippen LogP contribution in [0.4, 0.5) is 0 Å². The molecule has 0 saturated heterocycles. The molecule has 2 nitrogen and oxygen atoms in total. The van der Waals surface area contributed by atoms with Crippen molar-refractivity contribution in [3.63, 3.8) is 0 Å². The van der Waals surface area contributed by atoms with Crippen LogP contribution < -0.4 is 0 Å². The molecule has 0 spiro atoms. The van der Waals surface area contributed by atoms with Gasteiger partial charge in [-0.05, 0) is 88.1 Å². The Bertz CT molecular complexity index is 1010. The van der Waals surface area contributed by atoms with E-state index in [1.165, 1.54) is 0 Å². The van der Waals surface area contributed by atoms with E-state index in [0.717, 1.165) is 44.5 Å². The number of carbonyl (C=O) groups excluding carboxylic acids is 2. The Morgan fingerprint density at radius 1 is 0.464 bits per heavy atom. The number of benzene rings is 3. The van der Waals surface area contributed by atoms with Crippen LogP contribution in [0.5, 0.6) is 0 Å². The van der Waals surface area contributed by atoms with Gasteiger partial charge in [-0.2, -0.15) is 0 Å². The van der Waals surface area contributed by atoms with Crippen molar-refractivity contribution in [2.24, 2.45) is 0 Å². The first kappa shape index (κ1) is 19.8. The normalized spacial score (nSPS) is 10.8. The minimum absolute atomic E-state index is 0.00698. The van der Waals surface area contributed by atoms with Crippen LogP contribution in [0.1, 0.15) is 65.2 Å². The predicted molar refractivity (Wildman–Crippen MR) is 115 cm³/mol. The molecule has 0 unspecified atom stereocenters. The highest BCUT2D eigenvalue weighted by molar-refractivity contribution is 6.14. The summed E-state index contributed by atoms with van der Waals surface area (Å²) in [5.74, 6) is 0.0140. The van der Waals surface area contributed by atoms with Gasteiger partial charge in [0.15, 0.2) is 11.6 Å². The molecule has 0 amide bonds. The van der Waals surface area contributed by atoms with Gasteiger partial charge >= 0.3 is 0 Å². The second-order valence-corrected chi connectivity index (χ2v) is 7.78. The molecule has 3 aromatic rings. The Morgan fingerprint density at radius 2 is 0.786 bits per heavy atom. The van der Waals surface area contributed by atoms with Crippen LogP contribution in [0.2, 0.25) is 0 Å². The van der Waals surface area contributed by atoms with Gasteiger partial charge in [0.25, 0.3) is 0 Å². The molecule has 0 saturated carbocycles. The predicted octanol–water partition coefficient (Wildman–Crippen LogP) is 6.00. The van der Waals surface area contributed by atoms with E-state index >= 15 is 0 Å². The van der Waals surface area contributed by atoms with Crippen molar-refractivity contribution < 1.29 is 9.59 Å². The highest BCUT2D eigenvalue weighted by atomic mass is 16.1. The number of hydrogen-bond donors (Lipinski definition) is 0. The largest absolute Gasteiger partial charge is 0.289 e. The maximum atomic E-state index is 13.2. The molecular formula is C26H26O2. The highest BCUT2D eigenvalue weighted by Gasteiger charge is 2.20. The van der Waals surface area contributed by atoms with Crippen molar-refractivity contribution in [1.29, 1.82) is 0 Å². The molecular weight excluding hydrogens is 344 g/mol. The molecule has 2 heteroatoms. The first-order valence-corrected chi connectivity index (χ1v) is 9.54. The van der Waals surface area contributed by atoms with E-state index in [1.54, 1.807) is 0 Å². The molecule has 0 radical (unpaired) electrons.